The second-order valence-electron chi connectivity index (χ2n) is 14.1. The van der Waals surface area contributed by atoms with Gasteiger partial charge < -0.3 is 21.8 Å². The largest absolute Gasteiger partial charge is 1.00 e. The van der Waals surface area contributed by atoms with Crippen LogP contribution in [0.4, 0.5) is 123 Å². The molecule has 0 aliphatic rings. The summed E-state index contributed by atoms with van der Waals surface area (Å²) in [5.41, 5.74) is -24.5. The van der Waals surface area contributed by atoms with E-state index in [1.807, 2.05) is 0 Å². The smallest absolute Gasteiger partial charge is 0.431 e. The molecule has 0 saturated heterocycles. The van der Waals surface area contributed by atoms with Crippen molar-refractivity contribution in [2.75, 3.05) is 54.7 Å². The van der Waals surface area contributed by atoms with Gasteiger partial charge in [0.2, 0.25) is 0 Å². The van der Waals surface area contributed by atoms with Crippen molar-refractivity contribution in [2.45, 2.75) is 111 Å². The predicted octanol–water partition coefficient (Wildman–Crippen LogP) is 10.0. The first-order valence-electron chi connectivity index (χ1n) is 15.4. The van der Waals surface area contributed by atoms with E-state index in [2.05, 4.69) is 11.6 Å². The second-order valence-corrected chi connectivity index (χ2v) is 14.1. The van der Waals surface area contributed by atoms with Crippen LogP contribution in [0.3, 0.4) is 0 Å². The Morgan fingerprint density at radius 3 is 0.667 bits per heavy atom. The summed E-state index contributed by atoms with van der Waals surface area (Å²) in [5.74, 6) is -5.79. The summed E-state index contributed by atoms with van der Waals surface area (Å²) in [7, 11) is 6.09. The SMILES string of the molecule is CCl.CN(C)CCC(CC(F)(C(F)(F)F)C(F)(F)F)CC(F)(C(F)(F)F)C(F)(F)F.C[N+](C)(C)CCC(CC(F)(C(F)(F)F)C(F)(F)F)CC(F)(C(F)(F)F)C(F)(F)F.[Cl-]. The lowest BCUT2D eigenvalue weighted by Crippen LogP contribution is -3.00. The van der Waals surface area contributed by atoms with Crippen molar-refractivity contribution in [1.29, 1.82) is 0 Å². The van der Waals surface area contributed by atoms with Crippen molar-refractivity contribution < 1.29 is 140 Å². The first-order valence-corrected chi connectivity index (χ1v) is 16.2. The Morgan fingerprint density at radius 2 is 0.533 bits per heavy atom. The monoisotopic (exact) mass is 1000 g/mol. The van der Waals surface area contributed by atoms with Gasteiger partial charge in [-0.05, 0) is 45.3 Å². The fraction of sp³-hybridized carbons (Fsp3) is 1.00. The summed E-state index contributed by atoms with van der Waals surface area (Å²) < 4.78 is 359. The Morgan fingerprint density at radius 1 is 0.367 bits per heavy atom. The van der Waals surface area contributed by atoms with Gasteiger partial charge in [-0.1, -0.05) is 0 Å². The Kier molecular flexibility index (Phi) is 22.8. The van der Waals surface area contributed by atoms with Crippen molar-refractivity contribution in [3.63, 3.8) is 0 Å². The van der Waals surface area contributed by atoms with Gasteiger partial charge in [-0.15, -0.1) is 11.6 Å². The standard InChI is InChI=1S/C14H18F14N.C13H15F14N.CH3Cl.ClH/c1-29(2,3)5-4-8(6-9(15,11(17,18)19)12(20,21)22)7-10(16,13(23,24)25)14(26,27)28;1-28(2)4-3-7(5-8(14,10(16,17)18)11(19,20)21)6-9(15,12(22,23)24)13(25,26)27;1-2;/h8H,4-7H2,1-3H3;7H,3-6H2,1-2H3;1H3;1H/q+1;;;/p-1. The van der Waals surface area contributed by atoms with Gasteiger partial charge in [-0.25, -0.2) is 17.6 Å². The molecular formula is C28H36Cl2F28N2. The minimum absolute atomic E-state index is 0. The first kappa shape index (κ1) is 65.2. The second kappa shape index (κ2) is 21.0. The summed E-state index contributed by atoms with van der Waals surface area (Å²) in [4.78, 5) is 0.995. The summed E-state index contributed by atoms with van der Waals surface area (Å²) in [6.07, 6.45) is -65.9. The van der Waals surface area contributed by atoms with Crippen molar-refractivity contribution in [2.24, 2.45) is 11.8 Å². The van der Waals surface area contributed by atoms with Crippen molar-refractivity contribution >= 4 is 11.6 Å². The highest BCUT2D eigenvalue weighted by Gasteiger charge is 2.77. The number of quaternary nitrogens is 1. The molecule has 0 amide bonds. The van der Waals surface area contributed by atoms with Gasteiger partial charge in [0, 0.05) is 32.1 Å². The van der Waals surface area contributed by atoms with E-state index < -0.39 is 136 Å². The zero-order chi connectivity index (χ0) is 48.9. The Hall–Kier alpha value is -1.46. The van der Waals surface area contributed by atoms with Gasteiger partial charge in [0.1, 0.15) is 0 Å². The molecule has 0 heterocycles. The van der Waals surface area contributed by atoms with Crippen LogP contribution >= 0.6 is 11.6 Å². The fourth-order valence-corrected chi connectivity index (χ4v) is 4.72. The molecule has 0 bridgehead atoms. The summed E-state index contributed by atoms with van der Waals surface area (Å²) >= 11 is 4.64. The number of nitrogens with zero attached hydrogens (tertiary/aromatic N) is 2. The molecule has 0 saturated carbocycles. The normalized spacial score (nSPS) is 15.1. The van der Waals surface area contributed by atoms with Gasteiger partial charge in [-0.3, -0.25) is 0 Å². The van der Waals surface area contributed by atoms with Crippen LogP contribution in [-0.2, 0) is 0 Å². The average Bonchev–Trinajstić information content (AvgIpc) is 2.94. The van der Waals surface area contributed by atoms with E-state index in [-0.39, 0.29) is 16.9 Å². The van der Waals surface area contributed by atoms with E-state index in [0.717, 1.165) is 19.0 Å². The molecule has 0 rings (SSSR count). The molecule has 0 radical (unpaired) electrons. The molecule has 0 aromatic heterocycles. The van der Waals surface area contributed by atoms with Gasteiger partial charge in [-0.2, -0.15) is 105 Å². The molecule has 0 unspecified atom stereocenters. The van der Waals surface area contributed by atoms with Crippen molar-refractivity contribution in [3.8, 4) is 0 Å². The Bertz CT molecular complexity index is 1100. The summed E-state index contributed by atoms with van der Waals surface area (Å²) in [6.45, 7) is -1.18. The quantitative estimate of drug-likeness (QED) is 0.0953. The van der Waals surface area contributed by atoms with E-state index in [9.17, 15) is 123 Å². The maximum Gasteiger partial charge on any atom is 0.431 e. The summed E-state index contributed by atoms with van der Waals surface area (Å²) in [5, 5.41) is 0. The molecule has 0 aliphatic heterocycles. The molecule has 2 nitrogen and oxygen atoms in total. The topological polar surface area (TPSA) is 3.24 Å². The van der Waals surface area contributed by atoms with Gasteiger partial charge >= 0.3 is 49.4 Å². The Balaban J connectivity index is -0.000000494. The number of alkyl halides is 29. The maximum absolute atomic E-state index is 13.9. The molecular weight excluding hydrogens is 967 g/mol. The zero-order valence-electron chi connectivity index (χ0n) is 31.0. The lowest BCUT2D eigenvalue weighted by molar-refractivity contribution is -0.871. The van der Waals surface area contributed by atoms with Crippen LogP contribution in [0.25, 0.3) is 0 Å². The minimum atomic E-state index is -6.70. The predicted molar refractivity (Wildman–Crippen MR) is 152 cm³/mol. The van der Waals surface area contributed by atoms with E-state index in [0.29, 0.717) is 0 Å². The van der Waals surface area contributed by atoms with Gasteiger partial charge in [0.15, 0.2) is 0 Å². The fourth-order valence-electron chi connectivity index (χ4n) is 4.72. The van der Waals surface area contributed by atoms with Crippen LogP contribution in [-0.4, -0.2) is 136 Å². The van der Waals surface area contributed by atoms with E-state index in [1.54, 1.807) is 0 Å². The highest BCUT2D eigenvalue weighted by atomic mass is 35.5. The van der Waals surface area contributed by atoms with E-state index >= 15 is 0 Å². The first-order chi connectivity index (χ1) is 25.3. The number of hydrogen-bond acceptors (Lipinski definition) is 1. The molecule has 0 aromatic rings. The van der Waals surface area contributed by atoms with Crippen LogP contribution in [0.1, 0.15) is 38.5 Å². The number of rotatable bonds is 14. The minimum Gasteiger partial charge on any atom is -1.00 e. The van der Waals surface area contributed by atoms with Crippen LogP contribution in [0, 0.1) is 11.8 Å². The highest BCUT2D eigenvalue weighted by molar-refractivity contribution is 6.15. The Labute approximate surface area is 333 Å². The van der Waals surface area contributed by atoms with E-state index in [1.165, 1.54) is 27.5 Å². The van der Waals surface area contributed by atoms with Crippen LogP contribution in [0.2, 0.25) is 0 Å². The van der Waals surface area contributed by atoms with Crippen molar-refractivity contribution in [1.82, 2.24) is 4.90 Å². The van der Waals surface area contributed by atoms with Crippen LogP contribution in [0.15, 0.2) is 0 Å². The third-order valence-electron chi connectivity index (χ3n) is 8.07. The zero-order valence-corrected chi connectivity index (χ0v) is 32.6. The van der Waals surface area contributed by atoms with E-state index in [4.69, 9.17) is 0 Å². The molecule has 0 atom stereocenters. The molecule has 32 heteroatoms. The third kappa shape index (κ3) is 16.9. The molecule has 0 N–H and O–H groups in total. The molecule has 0 aromatic carbocycles. The molecule has 60 heavy (non-hydrogen) atoms. The molecule has 368 valence electrons. The third-order valence-corrected chi connectivity index (χ3v) is 8.07. The lowest BCUT2D eigenvalue weighted by Gasteiger charge is -2.37. The highest BCUT2D eigenvalue weighted by Crippen LogP contribution is 2.57. The molecule has 0 fully saturated rings. The number of hydrogen-bond donors (Lipinski definition) is 0. The number of halogens is 30. The van der Waals surface area contributed by atoms with Crippen molar-refractivity contribution in [3.05, 3.63) is 0 Å². The van der Waals surface area contributed by atoms with Gasteiger partial charge in [0.25, 0.3) is 22.7 Å². The molecule has 0 spiro atoms. The summed E-state index contributed by atoms with van der Waals surface area (Å²) in [6, 6.07) is 0. The average molecular weight is 1000 g/mol. The molecule has 0 aliphatic carbocycles. The maximum atomic E-state index is 13.9. The van der Waals surface area contributed by atoms with Gasteiger partial charge in [0.05, 0.1) is 27.7 Å². The van der Waals surface area contributed by atoms with Crippen LogP contribution in [0.5, 0.6) is 0 Å². The van der Waals surface area contributed by atoms with Crippen LogP contribution < -0.4 is 12.4 Å². The lowest BCUT2D eigenvalue weighted by atomic mass is 9.80.